The zero-order chi connectivity index (χ0) is 15.6. The van der Waals surface area contributed by atoms with Gasteiger partial charge in [0, 0.05) is 8.95 Å². The molecule has 0 atom stereocenters. The minimum absolute atomic E-state index is 0.179. The lowest BCUT2D eigenvalue weighted by atomic mass is 10.3. The normalized spacial score (nSPS) is 10.3. The Morgan fingerprint density at radius 3 is 2.24 bits per heavy atom. The van der Waals surface area contributed by atoms with Gasteiger partial charge in [0.1, 0.15) is 11.3 Å². The van der Waals surface area contributed by atoms with E-state index < -0.39 is 0 Å². The van der Waals surface area contributed by atoms with Crippen molar-refractivity contribution in [1.29, 1.82) is 0 Å². The van der Waals surface area contributed by atoms with Crippen LogP contribution in [0, 0.1) is 11.6 Å². The highest BCUT2D eigenvalue weighted by Gasteiger charge is 2.07. The molecule has 8 heteroatoms. The van der Waals surface area contributed by atoms with Gasteiger partial charge in [0.05, 0.1) is 10.4 Å². The van der Waals surface area contributed by atoms with Gasteiger partial charge in [0.25, 0.3) is 0 Å². The summed E-state index contributed by atoms with van der Waals surface area (Å²) in [5, 5.41) is 0. The summed E-state index contributed by atoms with van der Waals surface area (Å²) < 4.78 is 28.6. The largest absolute Gasteiger partial charge is 0.396 e. The van der Waals surface area contributed by atoms with Gasteiger partial charge in [-0.25, -0.2) is 13.8 Å². The van der Waals surface area contributed by atoms with Gasteiger partial charge in [0.15, 0.2) is 9.73 Å². The van der Waals surface area contributed by atoms with Crippen LogP contribution in [0.4, 0.5) is 14.5 Å². The molecule has 2 aromatic carbocycles. The Labute approximate surface area is 148 Å². The van der Waals surface area contributed by atoms with E-state index >= 15 is 0 Å². The molecule has 2 nitrogen and oxygen atoms in total. The number of thiazole rings is 1. The van der Waals surface area contributed by atoms with Crippen molar-refractivity contribution in [2.75, 3.05) is 5.73 Å². The van der Waals surface area contributed by atoms with Gasteiger partial charge in [-0.05, 0) is 46.3 Å². The number of aromatic nitrogens is 1. The third kappa shape index (κ3) is 4.45. The molecule has 110 valence electrons. The molecule has 0 amide bonds. The van der Waals surface area contributed by atoms with E-state index in [1.165, 1.54) is 29.5 Å². The summed E-state index contributed by atoms with van der Waals surface area (Å²) >= 11 is 10.9. The van der Waals surface area contributed by atoms with Crippen molar-refractivity contribution in [3.05, 3.63) is 54.8 Å². The number of anilines is 1. The van der Waals surface area contributed by atoms with Crippen LogP contribution in [0.5, 0.6) is 0 Å². The third-order valence-corrected chi connectivity index (χ3v) is 4.75. The van der Waals surface area contributed by atoms with Crippen molar-refractivity contribution in [3.8, 4) is 0 Å². The fourth-order valence-electron chi connectivity index (χ4n) is 1.43. The predicted octanol–water partition coefficient (Wildman–Crippen LogP) is 6.13. The van der Waals surface area contributed by atoms with Gasteiger partial charge in [-0.3, -0.25) is 0 Å². The molecule has 3 rings (SSSR count). The molecule has 21 heavy (non-hydrogen) atoms. The van der Waals surface area contributed by atoms with Gasteiger partial charge in [-0.1, -0.05) is 31.9 Å². The molecular formula is C13H7Br3F2N2S. The van der Waals surface area contributed by atoms with Crippen LogP contribution in [-0.2, 0) is 0 Å². The predicted molar refractivity (Wildman–Crippen MR) is 93.5 cm³/mol. The minimum Gasteiger partial charge on any atom is -0.396 e. The molecule has 0 aliphatic rings. The Hall–Kier alpha value is -0.570. The topological polar surface area (TPSA) is 38.9 Å². The van der Waals surface area contributed by atoms with Crippen LogP contribution >= 0.6 is 59.1 Å². The highest BCUT2D eigenvalue weighted by atomic mass is 79.9. The minimum atomic E-state index is -0.385. The molecule has 1 aromatic heterocycles. The third-order valence-electron chi connectivity index (χ3n) is 2.35. The Morgan fingerprint density at radius 2 is 1.62 bits per heavy atom. The average Bonchev–Trinajstić information content (AvgIpc) is 2.76. The van der Waals surface area contributed by atoms with E-state index in [1.54, 1.807) is 6.07 Å². The van der Waals surface area contributed by atoms with Crippen molar-refractivity contribution in [1.82, 2.24) is 4.98 Å². The van der Waals surface area contributed by atoms with Gasteiger partial charge in [-0.15, -0.1) is 11.3 Å². The number of nitrogen functional groups attached to an aromatic ring is 1. The fourth-order valence-corrected chi connectivity index (χ4v) is 3.79. The molecule has 0 aliphatic heterocycles. The molecular weight excluding hydrogens is 494 g/mol. The van der Waals surface area contributed by atoms with Crippen molar-refractivity contribution in [3.63, 3.8) is 0 Å². The van der Waals surface area contributed by atoms with E-state index in [1.807, 2.05) is 6.07 Å². The zero-order valence-corrected chi connectivity index (χ0v) is 15.8. The summed E-state index contributed by atoms with van der Waals surface area (Å²) in [7, 11) is 0. The fraction of sp³-hybridized carbons (Fsp3) is 0. The molecule has 3 aromatic rings. The number of fused-ring (bicyclic) bond motifs is 1. The summed E-state index contributed by atoms with van der Waals surface area (Å²) in [6.07, 6.45) is 0. The van der Waals surface area contributed by atoms with Crippen LogP contribution in [0.25, 0.3) is 10.2 Å². The quantitative estimate of drug-likeness (QED) is 0.377. The lowest BCUT2D eigenvalue weighted by Crippen LogP contribution is -1.88. The van der Waals surface area contributed by atoms with E-state index in [9.17, 15) is 8.78 Å². The molecule has 1 heterocycles. The van der Waals surface area contributed by atoms with Crippen LogP contribution in [0.3, 0.4) is 0 Å². The van der Waals surface area contributed by atoms with Crippen LogP contribution in [0.1, 0.15) is 0 Å². The smallest absolute Gasteiger partial charge is 0.160 e. The monoisotopic (exact) mass is 498 g/mol. The van der Waals surface area contributed by atoms with Crippen LogP contribution in [0.2, 0.25) is 0 Å². The lowest BCUT2D eigenvalue weighted by molar-refractivity contribution is 0.631. The Morgan fingerprint density at radius 1 is 0.952 bits per heavy atom. The number of benzene rings is 2. The number of hydrogen-bond donors (Lipinski definition) is 1. The molecule has 0 radical (unpaired) electrons. The Kier molecular flexibility index (Phi) is 5.70. The second kappa shape index (κ2) is 7.13. The molecule has 0 bridgehead atoms. The Balaban J connectivity index is 0.000000161. The number of rotatable bonds is 0. The van der Waals surface area contributed by atoms with Gasteiger partial charge < -0.3 is 5.73 Å². The maximum atomic E-state index is 13.2. The maximum Gasteiger partial charge on any atom is 0.160 e. The molecule has 0 unspecified atom stereocenters. The van der Waals surface area contributed by atoms with Crippen molar-refractivity contribution >= 4 is 75.0 Å². The summed E-state index contributed by atoms with van der Waals surface area (Å²) in [4.78, 5) is 3.99. The van der Waals surface area contributed by atoms with E-state index in [2.05, 4.69) is 52.8 Å². The molecule has 2 N–H and O–H groups in total. The SMILES string of the molecule is Fc1cc(Br)cc2sc(Br)nc12.Nc1ccc(Br)cc1F. The first-order chi connectivity index (χ1) is 9.86. The average molecular weight is 501 g/mol. The van der Waals surface area contributed by atoms with Gasteiger partial charge in [-0.2, -0.15) is 0 Å². The first-order valence-electron chi connectivity index (χ1n) is 5.48. The highest BCUT2D eigenvalue weighted by Crippen LogP contribution is 2.30. The van der Waals surface area contributed by atoms with Crippen LogP contribution in [-0.4, -0.2) is 4.98 Å². The van der Waals surface area contributed by atoms with Crippen molar-refractivity contribution in [2.45, 2.75) is 0 Å². The summed E-state index contributed by atoms with van der Waals surface area (Å²) in [6, 6.07) is 7.79. The van der Waals surface area contributed by atoms with Gasteiger partial charge >= 0.3 is 0 Å². The van der Waals surface area contributed by atoms with Crippen LogP contribution < -0.4 is 5.73 Å². The Bertz CT molecular complexity index is 792. The summed E-state index contributed by atoms with van der Waals surface area (Å²) in [5.41, 5.74) is 5.80. The van der Waals surface area contributed by atoms with Crippen molar-refractivity contribution < 1.29 is 8.78 Å². The number of halogens is 5. The molecule has 0 saturated heterocycles. The van der Waals surface area contributed by atoms with E-state index in [-0.39, 0.29) is 17.3 Å². The number of nitrogens with zero attached hydrogens (tertiary/aromatic N) is 1. The highest BCUT2D eigenvalue weighted by molar-refractivity contribution is 9.11. The lowest BCUT2D eigenvalue weighted by Gasteiger charge is -1.93. The molecule has 0 spiro atoms. The molecule has 0 fully saturated rings. The summed E-state index contributed by atoms with van der Waals surface area (Å²) in [5.74, 6) is -0.675. The van der Waals surface area contributed by atoms with E-state index in [4.69, 9.17) is 5.73 Å². The maximum absolute atomic E-state index is 13.2. The summed E-state index contributed by atoms with van der Waals surface area (Å²) in [6.45, 7) is 0. The van der Waals surface area contributed by atoms with E-state index in [0.29, 0.717) is 13.9 Å². The first-order valence-corrected chi connectivity index (χ1v) is 8.68. The van der Waals surface area contributed by atoms with E-state index in [0.717, 1.165) is 9.17 Å². The second-order valence-corrected chi connectivity index (χ2v) is 8.01. The zero-order valence-electron chi connectivity index (χ0n) is 10.2. The first kappa shape index (κ1) is 16.8. The standard InChI is InChI=1S/C7H2Br2FNS.C6H5BrFN/c8-3-1-4(10)6-5(2-3)12-7(9)11-6;7-4-1-2-6(9)5(8)3-4/h1-2H;1-3H,9H2. The number of nitrogens with two attached hydrogens (primary N) is 1. The van der Waals surface area contributed by atoms with Gasteiger partial charge in [0.2, 0.25) is 0 Å². The van der Waals surface area contributed by atoms with Crippen LogP contribution in [0.15, 0.2) is 43.2 Å². The second-order valence-electron chi connectivity index (χ2n) is 3.87. The number of hydrogen-bond acceptors (Lipinski definition) is 3. The van der Waals surface area contributed by atoms with Crippen molar-refractivity contribution in [2.24, 2.45) is 0 Å². The molecule has 0 saturated carbocycles. The molecule has 0 aliphatic carbocycles.